The van der Waals surface area contributed by atoms with Crippen LogP contribution >= 0.6 is 11.8 Å². The minimum atomic E-state index is -0.297. The largest absolute Gasteiger partial charge is 0.348 e. The first kappa shape index (κ1) is 18.7. The third-order valence-corrected chi connectivity index (χ3v) is 5.12. The number of rotatable bonds is 6. The maximum atomic E-state index is 13.0. The van der Waals surface area contributed by atoms with Gasteiger partial charge in [0.2, 0.25) is 0 Å². The number of nitrogens with zero attached hydrogens (tertiary/aromatic N) is 1. The Morgan fingerprint density at radius 3 is 2.33 bits per heavy atom. The molecule has 5 heteroatoms. The molecule has 3 aromatic rings. The van der Waals surface area contributed by atoms with E-state index in [1.807, 2.05) is 30.3 Å². The molecule has 27 heavy (non-hydrogen) atoms. The molecule has 0 heterocycles. The van der Waals surface area contributed by atoms with Gasteiger partial charge >= 0.3 is 0 Å². The summed E-state index contributed by atoms with van der Waals surface area (Å²) in [4.78, 5) is 13.5. The SMILES string of the molecule is N#Cc1ccc(CSc2ccccc2C(=O)NCc2ccc(F)cc2)cc1. The highest BCUT2D eigenvalue weighted by Gasteiger charge is 2.11. The van der Waals surface area contributed by atoms with Crippen LogP contribution in [0.15, 0.2) is 77.7 Å². The van der Waals surface area contributed by atoms with Crippen molar-refractivity contribution in [3.63, 3.8) is 0 Å². The van der Waals surface area contributed by atoms with Crippen molar-refractivity contribution in [1.29, 1.82) is 5.26 Å². The van der Waals surface area contributed by atoms with Gasteiger partial charge in [-0.2, -0.15) is 5.26 Å². The Balaban J connectivity index is 1.64. The van der Waals surface area contributed by atoms with Crippen molar-refractivity contribution in [2.24, 2.45) is 0 Å². The minimum absolute atomic E-state index is 0.165. The fraction of sp³-hybridized carbons (Fsp3) is 0.0909. The van der Waals surface area contributed by atoms with Crippen molar-refractivity contribution < 1.29 is 9.18 Å². The molecule has 3 aromatic carbocycles. The second-order valence-electron chi connectivity index (χ2n) is 5.90. The average Bonchev–Trinajstić information content (AvgIpc) is 2.72. The summed E-state index contributed by atoms with van der Waals surface area (Å²) in [5.74, 6) is 0.241. The van der Waals surface area contributed by atoms with E-state index < -0.39 is 0 Å². The number of nitriles is 1. The summed E-state index contributed by atoms with van der Waals surface area (Å²) < 4.78 is 13.0. The molecule has 0 spiro atoms. The second kappa shape index (κ2) is 9.02. The zero-order chi connectivity index (χ0) is 19.1. The summed E-state index contributed by atoms with van der Waals surface area (Å²) in [6.45, 7) is 0.341. The fourth-order valence-electron chi connectivity index (χ4n) is 2.50. The van der Waals surface area contributed by atoms with Crippen molar-refractivity contribution in [3.8, 4) is 6.07 Å². The molecule has 0 aliphatic carbocycles. The van der Waals surface area contributed by atoms with Gasteiger partial charge in [-0.05, 0) is 47.5 Å². The van der Waals surface area contributed by atoms with Crippen molar-refractivity contribution in [3.05, 3.63) is 101 Å². The zero-order valence-electron chi connectivity index (χ0n) is 14.5. The number of hydrogen-bond donors (Lipinski definition) is 1. The van der Waals surface area contributed by atoms with Crippen molar-refractivity contribution >= 4 is 17.7 Å². The maximum absolute atomic E-state index is 13.0. The number of amides is 1. The number of carbonyl (C=O) groups is 1. The lowest BCUT2D eigenvalue weighted by atomic mass is 10.2. The lowest BCUT2D eigenvalue weighted by molar-refractivity contribution is 0.0948. The molecule has 0 aliphatic rings. The molecule has 3 nitrogen and oxygen atoms in total. The topological polar surface area (TPSA) is 52.9 Å². The van der Waals surface area contributed by atoms with Gasteiger partial charge in [0, 0.05) is 17.2 Å². The summed E-state index contributed by atoms with van der Waals surface area (Å²) in [6, 6.07) is 23.0. The molecular weight excluding hydrogens is 359 g/mol. The van der Waals surface area contributed by atoms with Crippen molar-refractivity contribution in [2.45, 2.75) is 17.2 Å². The molecule has 1 N–H and O–H groups in total. The lowest BCUT2D eigenvalue weighted by Crippen LogP contribution is -2.23. The Kier molecular flexibility index (Phi) is 6.24. The monoisotopic (exact) mass is 376 g/mol. The number of nitrogens with one attached hydrogen (secondary N) is 1. The van der Waals surface area contributed by atoms with E-state index in [2.05, 4.69) is 11.4 Å². The third kappa shape index (κ3) is 5.19. The van der Waals surface area contributed by atoms with Crippen LogP contribution in [-0.2, 0) is 12.3 Å². The van der Waals surface area contributed by atoms with Crippen molar-refractivity contribution in [1.82, 2.24) is 5.32 Å². The highest BCUT2D eigenvalue weighted by atomic mass is 32.2. The van der Waals surface area contributed by atoms with Gasteiger partial charge in [-0.3, -0.25) is 4.79 Å². The number of carbonyl (C=O) groups excluding carboxylic acids is 1. The van der Waals surface area contributed by atoms with Gasteiger partial charge in [0.15, 0.2) is 0 Å². The van der Waals surface area contributed by atoms with Crippen LogP contribution in [0.1, 0.15) is 27.0 Å². The average molecular weight is 376 g/mol. The first-order valence-electron chi connectivity index (χ1n) is 8.39. The van der Waals surface area contributed by atoms with E-state index in [9.17, 15) is 9.18 Å². The van der Waals surface area contributed by atoms with Crippen molar-refractivity contribution in [2.75, 3.05) is 0 Å². The van der Waals surface area contributed by atoms with E-state index >= 15 is 0 Å². The van der Waals surface area contributed by atoms with Crippen LogP contribution in [0.25, 0.3) is 0 Å². The number of halogens is 1. The highest BCUT2D eigenvalue weighted by Crippen LogP contribution is 2.26. The molecule has 0 aromatic heterocycles. The van der Waals surface area contributed by atoms with Gasteiger partial charge in [0.25, 0.3) is 5.91 Å². The Hall–Kier alpha value is -3.10. The van der Waals surface area contributed by atoms with Crippen LogP contribution < -0.4 is 5.32 Å². The summed E-state index contributed by atoms with van der Waals surface area (Å²) in [7, 11) is 0. The summed E-state index contributed by atoms with van der Waals surface area (Å²) in [5.41, 5.74) is 3.16. The predicted octanol–water partition coefficient (Wildman–Crippen LogP) is 4.92. The summed E-state index contributed by atoms with van der Waals surface area (Å²) >= 11 is 1.57. The van der Waals surface area contributed by atoms with E-state index in [-0.39, 0.29) is 11.7 Å². The number of hydrogen-bond acceptors (Lipinski definition) is 3. The molecular formula is C22H17FN2OS. The number of thioether (sulfide) groups is 1. The molecule has 0 bridgehead atoms. The Morgan fingerprint density at radius 2 is 1.63 bits per heavy atom. The Morgan fingerprint density at radius 1 is 0.963 bits per heavy atom. The quantitative estimate of drug-likeness (QED) is 0.621. The van der Waals surface area contributed by atoms with Crippen LogP contribution in [-0.4, -0.2) is 5.91 Å². The molecule has 0 atom stereocenters. The van der Waals surface area contributed by atoms with E-state index in [0.717, 1.165) is 16.0 Å². The molecule has 0 unspecified atom stereocenters. The summed E-state index contributed by atoms with van der Waals surface area (Å²) in [5, 5.41) is 11.7. The minimum Gasteiger partial charge on any atom is -0.348 e. The Labute approximate surface area is 161 Å². The van der Waals surface area contributed by atoms with E-state index in [4.69, 9.17) is 5.26 Å². The first-order chi connectivity index (χ1) is 13.2. The number of benzene rings is 3. The Bertz CT molecular complexity index is 963. The lowest BCUT2D eigenvalue weighted by Gasteiger charge is -2.10. The van der Waals surface area contributed by atoms with Gasteiger partial charge in [-0.25, -0.2) is 4.39 Å². The van der Waals surface area contributed by atoms with Crippen LogP contribution in [0, 0.1) is 17.1 Å². The van der Waals surface area contributed by atoms with Crippen LogP contribution in [0.2, 0.25) is 0 Å². The first-order valence-corrected chi connectivity index (χ1v) is 9.38. The fourth-order valence-corrected chi connectivity index (χ4v) is 3.50. The molecule has 0 fully saturated rings. The van der Waals surface area contributed by atoms with E-state index in [0.29, 0.717) is 23.4 Å². The van der Waals surface area contributed by atoms with E-state index in [1.54, 1.807) is 42.1 Å². The second-order valence-corrected chi connectivity index (χ2v) is 6.92. The molecule has 0 radical (unpaired) electrons. The van der Waals surface area contributed by atoms with Crippen LogP contribution in [0.3, 0.4) is 0 Å². The normalized spacial score (nSPS) is 10.2. The standard InChI is InChI=1S/C22H17FN2OS/c23-19-11-9-17(10-12-19)14-25-22(26)20-3-1-2-4-21(20)27-15-18-7-5-16(13-24)6-8-18/h1-12H,14-15H2,(H,25,26). The molecule has 0 saturated carbocycles. The van der Waals surface area contributed by atoms with E-state index in [1.165, 1.54) is 12.1 Å². The molecule has 0 saturated heterocycles. The molecule has 1 amide bonds. The maximum Gasteiger partial charge on any atom is 0.252 e. The van der Waals surface area contributed by atoms with Gasteiger partial charge in [-0.15, -0.1) is 11.8 Å². The molecule has 3 rings (SSSR count). The van der Waals surface area contributed by atoms with Gasteiger partial charge in [-0.1, -0.05) is 36.4 Å². The third-order valence-electron chi connectivity index (χ3n) is 3.98. The zero-order valence-corrected chi connectivity index (χ0v) is 15.3. The predicted molar refractivity (Wildman–Crippen MR) is 105 cm³/mol. The molecule has 134 valence electrons. The van der Waals surface area contributed by atoms with Gasteiger partial charge in [0.05, 0.1) is 17.2 Å². The summed E-state index contributed by atoms with van der Waals surface area (Å²) in [6.07, 6.45) is 0. The molecule has 0 aliphatic heterocycles. The van der Waals surface area contributed by atoms with Crippen LogP contribution in [0.5, 0.6) is 0 Å². The van der Waals surface area contributed by atoms with Crippen LogP contribution in [0.4, 0.5) is 4.39 Å². The smallest absolute Gasteiger partial charge is 0.252 e. The van der Waals surface area contributed by atoms with Gasteiger partial charge < -0.3 is 5.32 Å². The van der Waals surface area contributed by atoms with Gasteiger partial charge in [0.1, 0.15) is 5.82 Å². The highest BCUT2D eigenvalue weighted by molar-refractivity contribution is 7.98.